The van der Waals surface area contributed by atoms with E-state index in [0.717, 1.165) is 11.8 Å². The molecule has 0 aliphatic rings. The summed E-state index contributed by atoms with van der Waals surface area (Å²) in [5.41, 5.74) is -0.614. The molecule has 0 bridgehead atoms. The number of nitrogens with zero attached hydrogens (tertiary/aromatic N) is 1. The summed E-state index contributed by atoms with van der Waals surface area (Å²) in [6, 6.07) is 13.4. The predicted molar refractivity (Wildman–Crippen MR) is 103 cm³/mol. The first-order valence-electron chi connectivity index (χ1n) is 7.89. The van der Waals surface area contributed by atoms with Crippen molar-refractivity contribution in [3.63, 3.8) is 0 Å². The van der Waals surface area contributed by atoms with Gasteiger partial charge in [0.1, 0.15) is 10.7 Å². The minimum absolute atomic E-state index is 0.0158. The number of hydrogen-bond acceptors (Lipinski definition) is 7. The highest BCUT2D eigenvalue weighted by atomic mass is 35.5. The molecule has 0 amide bonds. The number of non-ortho nitro benzene ring substituents is 1. The van der Waals surface area contributed by atoms with Crippen LogP contribution < -0.4 is 10.4 Å². The van der Waals surface area contributed by atoms with Gasteiger partial charge in [0.25, 0.3) is 5.69 Å². The standard InChI is InChI=1S/C19H12ClNO6S/c1-11-10-16(27-18(22)14-4-2-3-5-15(14)20)17(19(23)26-11)28-13-8-6-12(7-9-13)21(24)25/h2-10H,1H3. The van der Waals surface area contributed by atoms with Gasteiger partial charge in [-0.05, 0) is 31.2 Å². The van der Waals surface area contributed by atoms with Crippen molar-refractivity contribution in [2.75, 3.05) is 0 Å². The van der Waals surface area contributed by atoms with Crippen LogP contribution in [0, 0.1) is 17.0 Å². The number of rotatable bonds is 5. The normalized spacial score (nSPS) is 10.5. The molecule has 0 saturated heterocycles. The summed E-state index contributed by atoms with van der Waals surface area (Å²) >= 11 is 6.99. The fraction of sp³-hybridized carbons (Fsp3) is 0.0526. The molecule has 0 radical (unpaired) electrons. The van der Waals surface area contributed by atoms with Crippen molar-refractivity contribution in [1.82, 2.24) is 0 Å². The fourth-order valence-corrected chi connectivity index (χ4v) is 3.32. The Kier molecular flexibility index (Phi) is 5.81. The Balaban J connectivity index is 1.93. The van der Waals surface area contributed by atoms with Crippen LogP contribution in [0.2, 0.25) is 5.02 Å². The van der Waals surface area contributed by atoms with Crippen LogP contribution in [-0.2, 0) is 0 Å². The molecule has 0 atom stereocenters. The van der Waals surface area contributed by atoms with E-state index in [1.54, 1.807) is 25.1 Å². The summed E-state index contributed by atoms with van der Waals surface area (Å²) in [6.07, 6.45) is 0. The summed E-state index contributed by atoms with van der Waals surface area (Å²) in [7, 11) is 0. The zero-order valence-electron chi connectivity index (χ0n) is 14.4. The second-order valence-corrected chi connectivity index (χ2v) is 7.05. The minimum Gasteiger partial charge on any atom is -0.427 e. The predicted octanol–water partition coefficient (Wildman–Crippen LogP) is 4.88. The number of aryl methyl sites for hydroxylation is 1. The van der Waals surface area contributed by atoms with Gasteiger partial charge in [-0.2, -0.15) is 0 Å². The molecular weight excluding hydrogens is 406 g/mol. The number of ether oxygens (including phenoxy) is 1. The lowest BCUT2D eigenvalue weighted by molar-refractivity contribution is -0.384. The van der Waals surface area contributed by atoms with E-state index in [1.807, 2.05) is 0 Å². The lowest BCUT2D eigenvalue weighted by Crippen LogP contribution is -2.13. The van der Waals surface area contributed by atoms with Gasteiger partial charge in [0, 0.05) is 23.1 Å². The van der Waals surface area contributed by atoms with E-state index in [0.29, 0.717) is 4.90 Å². The summed E-state index contributed by atoms with van der Waals surface area (Å²) in [6.45, 7) is 1.55. The highest BCUT2D eigenvalue weighted by Crippen LogP contribution is 2.34. The average Bonchev–Trinajstić information content (AvgIpc) is 2.65. The highest BCUT2D eigenvalue weighted by molar-refractivity contribution is 7.99. The number of esters is 1. The third-order valence-corrected chi connectivity index (χ3v) is 4.97. The van der Waals surface area contributed by atoms with Gasteiger partial charge in [-0.25, -0.2) is 9.59 Å². The van der Waals surface area contributed by atoms with Gasteiger partial charge in [0.15, 0.2) is 5.75 Å². The number of nitro groups is 1. The van der Waals surface area contributed by atoms with Crippen LogP contribution in [0.1, 0.15) is 16.1 Å². The van der Waals surface area contributed by atoms with Crippen LogP contribution in [0.3, 0.4) is 0 Å². The summed E-state index contributed by atoms with van der Waals surface area (Å²) in [4.78, 5) is 35.6. The number of carbonyl (C=O) groups is 1. The van der Waals surface area contributed by atoms with Crippen LogP contribution in [-0.4, -0.2) is 10.9 Å². The largest absolute Gasteiger partial charge is 0.427 e. The Morgan fingerprint density at radius 1 is 1.18 bits per heavy atom. The van der Waals surface area contributed by atoms with Crippen LogP contribution in [0.25, 0.3) is 0 Å². The Hall–Kier alpha value is -3.10. The number of benzene rings is 2. The van der Waals surface area contributed by atoms with Gasteiger partial charge in [0.05, 0.1) is 15.5 Å². The molecule has 1 heterocycles. The summed E-state index contributed by atoms with van der Waals surface area (Å²) in [5, 5.41) is 11.0. The van der Waals surface area contributed by atoms with Crippen LogP contribution >= 0.6 is 23.4 Å². The molecule has 9 heteroatoms. The van der Waals surface area contributed by atoms with Crippen molar-refractivity contribution >= 4 is 35.0 Å². The monoisotopic (exact) mass is 417 g/mol. The molecule has 142 valence electrons. The Bertz CT molecular complexity index is 1110. The zero-order chi connectivity index (χ0) is 20.3. The molecule has 0 aliphatic carbocycles. The van der Waals surface area contributed by atoms with E-state index >= 15 is 0 Å². The molecule has 0 fully saturated rings. The minimum atomic E-state index is -0.721. The van der Waals surface area contributed by atoms with Crippen LogP contribution in [0.4, 0.5) is 5.69 Å². The summed E-state index contributed by atoms with van der Waals surface area (Å²) < 4.78 is 10.5. The molecule has 0 saturated carbocycles. The lowest BCUT2D eigenvalue weighted by Gasteiger charge is -2.10. The SMILES string of the molecule is Cc1cc(OC(=O)c2ccccc2Cl)c(Sc2ccc([N+](=O)[O-])cc2)c(=O)o1. The molecular formula is C19H12ClNO6S. The number of carbonyl (C=O) groups excluding carboxylic acids is 1. The van der Waals surface area contributed by atoms with E-state index in [4.69, 9.17) is 20.8 Å². The molecule has 1 aromatic heterocycles. The van der Waals surface area contributed by atoms with E-state index in [1.165, 1.54) is 36.4 Å². The first-order chi connectivity index (χ1) is 13.3. The topological polar surface area (TPSA) is 99.6 Å². The van der Waals surface area contributed by atoms with Crippen molar-refractivity contribution in [3.05, 3.63) is 91.5 Å². The second kappa shape index (κ2) is 8.28. The van der Waals surface area contributed by atoms with Crippen LogP contribution in [0.15, 0.2) is 73.6 Å². The number of nitro benzene ring substituents is 1. The van der Waals surface area contributed by atoms with Gasteiger partial charge >= 0.3 is 11.6 Å². The Morgan fingerprint density at radius 2 is 1.86 bits per heavy atom. The third kappa shape index (κ3) is 4.41. The molecule has 0 N–H and O–H groups in total. The molecule has 28 heavy (non-hydrogen) atoms. The van der Waals surface area contributed by atoms with Gasteiger partial charge in [0.2, 0.25) is 0 Å². The molecule has 2 aromatic carbocycles. The Morgan fingerprint density at radius 3 is 2.50 bits per heavy atom. The average molecular weight is 418 g/mol. The third-order valence-electron chi connectivity index (χ3n) is 3.56. The van der Waals surface area contributed by atoms with Gasteiger partial charge in [-0.15, -0.1) is 0 Å². The summed E-state index contributed by atoms with van der Waals surface area (Å²) in [5.74, 6) is -0.441. The molecule has 7 nitrogen and oxygen atoms in total. The molecule has 0 unspecified atom stereocenters. The highest BCUT2D eigenvalue weighted by Gasteiger charge is 2.19. The first-order valence-corrected chi connectivity index (χ1v) is 9.08. The molecule has 3 rings (SSSR count). The zero-order valence-corrected chi connectivity index (χ0v) is 16.0. The smallest absolute Gasteiger partial charge is 0.353 e. The maximum absolute atomic E-state index is 12.5. The first kappa shape index (κ1) is 19.7. The maximum Gasteiger partial charge on any atom is 0.353 e. The molecule has 3 aromatic rings. The van der Waals surface area contributed by atoms with Crippen molar-refractivity contribution in [2.45, 2.75) is 16.7 Å². The van der Waals surface area contributed by atoms with E-state index < -0.39 is 16.5 Å². The van der Waals surface area contributed by atoms with Crippen molar-refractivity contribution in [1.29, 1.82) is 0 Å². The Labute approximate surface area is 168 Å². The number of hydrogen-bond donors (Lipinski definition) is 0. The quantitative estimate of drug-likeness (QED) is 0.331. The van der Waals surface area contributed by atoms with Gasteiger partial charge in [-0.1, -0.05) is 35.5 Å². The van der Waals surface area contributed by atoms with E-state index in [9.17, 15) is 19.7 Å². The molecule has 0 spiro atoms. The molecule has 0 aliphatic heterocycles. The fourth-order valence-electron chi connectivity index (χ4n) is 2.28. The van der Waals surface area contributed by atoms with Crippen molar-refractivity contribution < 1.29 is 18.9 Å². The van der Waals surface area contributed by atoms with E-state index in [2.05, 4.69) is 0 Å². The van der Waals surface area contributed by atoms with Gasteiger partial charge < -0.3 is 9.15 Å². The van der Waals surface area contributed by atoms with Crippen molar-refractivity contribution in [3.8, 4) is 5.75 Å². The number of halogens is 1. The van der Waals surface area contributed by atoms with Crippen molar-refractivity contribution in [2.24, 2.45) is 0 Å². The maximum atomic E-state index is 12.5. The van der Waals surface area contributed by atoms with Gasteiger partial charge in [-0.3, -0.25) is 10.1 Å². The lowest BCUT2D eigenvalue weighted by atomic mass is 10.2. The second-order valence-electron chi connectivity index (χ2n) is 5.56. The van der Waals surface area contributed by atoms with Crippen LogP contribution in [0.5, 0.6) is 5.75 Å². The van der Waals surface area contributed by atoms with E-state index in [-0.39, 0.29) is 32.7 Å².